The predicted molar refractivity (Wildman–Crippen MR) is 178 cm³/mol. The molecule has 1 aliphatic carbocycles. The zero-order valence-electron chi connectivity index (χ0n) is 24.8. The van der Waals surface area contributed by atoms with Crippen molar-refractivity contribution in [3.8, 4) is 11.1 Å². The number of aromatic nitrogens is 2. The quantitative estimate of drug-likeness (QED) is 0.0825. The molecule has 0 saturated carbocycles. The molecule has 6 rings (SSSR count). The van der Waals surface area contributed by atoms with Gasteiger partial charge in [-0.1, -0.05) is 96.9 Å². The van der Waals surface area contributed by atoms with Crippen molar-refractivity contribution in [1.29, 1.82) is 0 Å². The van der Waals surface area contributed by atoms with Crippen molar-refractivity contribution in [3.05, 3.63) is 82.5 Å². The molecule has 0 unspecified atom stereocenters. The van der Waals surface area contributed by atoms with Crippen molar-refractivity contribution in [3.63, 3.8) is 0 Å². The lowest BCUT2D eigenvalue weighted by atomic mass is 10.0. The topological polar surface area (TPSA) is 70.9 Å². The number of nitrogens with zero attached hydrogens (tertiary/aromatic N) is 5. The minimum absolute atomic E-state index is 0.283. The van der Waals surface area contributed by atoms with Crippen LogP contribution < -0.4 is 9.80 Å². The molecule has 4 aromatic rings. The third kappa shape index (κ3) is 6.44. The van der Waals surface area contributed by atoms with E-state index in [2.05, 4.69) is 73.1 Å². The second kappa shape index (κ2) is 13.7. The second-order valence-corrected chi connectivity index (χ2v) is 12.2. The van der Waals surface area contributed by atoms with Crippen LogP contribution in [0.2, 0.25) is 0 Å². The summed E-state index contributed by atoms with van der Waals surface area (Å²) in [6.07, 6.45) is 10.3. The van der Waals surface area contributed by atoms with E-state index in [9.17, 15) is 4.79 Å². The van der Waals surface area contributed by atoms with Crippen LogP contribution in [0.5, 0.6) is 0 Å². The predicted octanol–water partition coefficient (Wildman–Crippen LogP) is 8.14. The summed E-state index contributed by atoms with van der Waals surface area (Å²) >= 11 is 3.67. The van der Waals surface area contributed by atoms with Crippen molar-refractivity contribution >= 4 is 50.1 Å². The second-order valence-electron chi connectivity index (χ2n) is 11.3. The molecule has 7 nitrogen and oxygen atoms in total. The van der Waals surface area contributed by atoms with Gasteiger partial charge in [0.1, 0.15) is 17.3 Å². The highest BCUT2D eigenvalue weighted by Crippen LogP contribution is 2.46. The van der Waals surface area contributed by atoms with Crippen molar-refractivity contribution in [2.75, 3.05) is 36.0 Å². The molecule has 2 aliphatic rings. The SMILES string of the molecule is CCCCCCCCCC(=O)O/N=C1\c2ccccc2-c2c1c(N1CCN(c3ccccn3)CC1)nc1ccc(Br)cc21. The molecule has 43 heavy (non-hydrogen) atoms. The van der Waals surface area contributed by atoms with Gasteiger partial charge in [0.25, 0.3) is 0 Å². The van der Waals surface area contributed by atoms with Crippen LogP contribution in [0.15, 0.2) is 76.5 Å². The summed E-state index contributed by atoms with van der Waals surface area (Å²) in [5, 5.41) is 5.61. The van der Waals surface area contributed by atoms with E-state index in [0.29, 0.717) is 12.1 Å². The molecular formula is C35H38BrN5O2. The van der Waals surface area contributed by atoms with Gasteiger partial charge in [-0.05, 0) is 42.3 Å². The van der Waals surface area contributed by atoms with Gasteiger partial charge in [-0.15, -0.1) is 0 Å². The number of benzene rings is 2. The van der Waals surface area contributed by atoms with Crippen molar-refractivity contribution in [1.82, 2.24) is 9.97 Å². The molecule has 2 aromatic carbocycles. The number of fused-ring (bicyclic) bond motifs is 5. The van der Waals surface area contributed by atoms with Gasteiger partial charge in [0, 0.05) is 59.8 Å². The molecule has 8 heteroatoms. The number of halogens is 1. The molecule has 0 radical (unpaired) electrons. The van der Waals surface area contributed by atoms with Crippen LogP contribution >= 0.6 is 15.9 Å². The first-order valence-electron chi connectivity index (χ1n) is 15.6. The molecule has 2 aromatic heterocycles. The number of carbonyl (C=O) groups excluding carboxylic acids is 1. The zero-order chi connectivity index (χ0) is 29.6. The molecule has 1 aliphatic heterocycles. The third-order valence-corrected chi connectivity index (χ3v) is 8.89. The minimum Gasteiger partial charge on any atom is -0.353 e. The van der Waals surface area contributed by atoms with Crippen LogP contribution in [0.3, 0.4) is 0 Å². The maximum absolute atomic E-state index is 12.8. The van der Waals surface area contributed by atoms with Crippen molar-refractivity contribution in [2.45, 2.75) is 58.3 Å². The first-order valence-corrected chi connectivity index (χ1v) is 16.4. The standard InChI is InChI=1S/C35H38BrN5O2/c1-2-3-4-5-6-7-8-16-31(42)43-39-34-27-14-10-9-13-26(27)32-28-24-25(36)17-18-29(28)38-35(33(32)34)41-22-20-40(21-23-41)30-15-11-12-19-37-30/h9-15,17-19,24H,2-8,16,20-23H2,1H3/b39-34+. The number of anilines is 2. The zero-order valence-corrected chi connectivity index (χ0v) is 26.4. The summed E-state index contributed by atoms with van der Waals surface area (Å²) in [6.45, 7) is 5.47. The summed E-state index contributed by atoms with van der Waals surface area (Å²) in [5.41, 5.74) is 5.67. The van der Waals surface area contributed by atoms with E-state index in [4.69, 9.17) is 9.82 Å². The summed E-state index contributed by atoms with van der Waals surface area (Å²) in [6, 6.07) is 20.5. The number of pyridine rings is 2. The highest BCUT2D eigenvalue weighted by Gasteiger charge is 2.34. The highest BCUT2D eigenvalue weighted by atomic mass is 79.9. The molecule has 0 N–H and O–H groups in total. The summed E-state index contributed by atoms with van der Waals surface area (Å²) < 4.78 is 0.990. The molecule has 0 atom stereocenters. The monoisotopic (exact) mass is 639 g/mol. The summed E-state index contributed by atoms with van der Waals surface area (Å²) in [4.78, 5) is 32.8. The van der Waals surface area contributed by atoms with Gasteiger partial charge in [-0.3, -0.25) is 0 Å². The largest absolute Gasteiger partial charge is 0.353 e. The van der Waals surface area contributed by atoms with Gasteiger partial charge in [0.2, 0.25) is 0 Å². The maximum Gasteiger partial charge on any atom is 0.335 e. The molecule has 0 spiro atoms. The van der Waals surface area contributed by atoms with Crippen LogP contribution in [-0.4, -0.2) is 47.8 Å². The fourth-order valence-corrected chi connectivity index (χ4v) is 6.51. The summed E-state index contributed by atoms with van der Waals surface area (Å²) in [7, 11) is 0. The molecule has 222 valence electrons. The van der Waals surface area contributed by atoms with Crippen LogP contribution in [0.1, 0.15) is 69.4 Å². The van der Waals surface area contributed by atoms with Gasteiger partial charge in [0.15, 0.2) is 0 Å². The Balaban J connectivity index is 1.30. The van der Waals surface area contributed by atoms with Crippen LogP contribution in [-0.2, 0) is 9.63 Å². The van der Waals surface area contributed by atoms with E-state index < -0.39 is 0 Å². The lowest BCUT2D eigenvalue weighted by Gasteiger charge is -2.37. The average molecular weight is 641 g/mol. The highest BCUT2D eigenvalue weighted by molar-refractivity contribution is 9.10. The lowest BCUT2D eigenvalue weighted by molar-refractivity contribution is -0.143. The van der Waals surface area contributed by atoms with Gasteiger partial charge in [-0.2, -0.15) is 0 Å². The van der Waals surface area contributed by atoms with Crippen molar-refractivity contribution in [2.24, 2.45) is 5.16 Å². The molecule has 0 bridgehead atoms. The summed E-state index contributed by atoms with van der Waals surface area (Å²) in [5.74, 6) is 1.59. The van der Waals surface area contributed by atoms with Crippen LogP contribution in [0, 0.1) is 0 Å². The number of piperazine rings is 1. The Hall–Kier alpha value is -3.78. The number of oxime groups is 1. The first kappa shape index (κ1) is 29.3. The maximum atomic E-state index is 12.8. The van der Waals surface area contributed by atoms with Gasteiger partial charge >= 0.3 is 5.97 Å². The normalized spacial score (nSPS) is 15.2. The fraction of sp³-hybridized carbons (Fsp3) is 0.371. The average Bonchev–Trinajstić information content (AvgIpc) is 3.38. The van der Waals surface area contributed by atoms with Gasteiger partial charge in [0.05, 0.1) is 11.1 Å². The molecular weight excluding hydrogens is 602 g/mol. The Morgan fingerprint density at radius 1 is 0.860 bits per heavy atom. The van der Waals surface area contributed by atoms with E-state index in [1.54, 1.807) is 0 Å². The minimum atomic E-state index is -0.283. The lowest BCUT2D eigenvalue weighted by Crippen LogP contribution is -2.47. The van der Waals surface area contributed by atoms with Gasteiger partial charge in [-0.25, -0.2) is 14.8 Å². The Kier molecular flexibility index (Phi) is 9.32. The van der Waals surface area contributed by atoms with Gasteiger partial charge < -0.3 is 14.6 Å². The smallest absolute Gasteiger partial charge is 0.335 e. The number of hydrogen-bond donors (Lipinski definition) is 0. The van der Waals surface area contributed by atoms with E-state index in [1.165, 1.54) is 25.7 Å². The van der Waals surface area contributed by atoms with Crippen LogP contribution in [0.25, 0.3) is 22.0 Å². The fourth-order valence-electron chi connectivity index (χ4n) is 6.15. The number of carbonyl (C=O) groups is 1. The first-order chi connectivity index (χ1) is 21.1. The van der Waals surface area contributed by atoms with E-state index in [0.717, 1.165) is 94.7 Å². The molecule has 0 amide bonds. The number of unbranched alkanes of at least 4 members (excludes halogenated alkanes) is 6. The Labute approximate surface area is 262 Å². The van der Waals surface area contributed by atoms with Crippen molar-refractivity contribution < 1.29 is 9.63 Å². The van der Waals surface area contributed by atoms with E-state index in [-0.39, 0.29) is 5.97 Å². The van der Waals surface area contributed by atoms with E-state index >= 15 is 0 Å². The number of hydrogen-bond acceptors (Lipinski definition) is 7. The molecule has 3 heterocycles. The Morgan fingerprint density at radius 3 is 2.35 bits per heavy atom. The Bertz CT molecular complexity index is 1620. The third-order valence-electron chi connectivity index (χ3n) is 8.39. The number of rotatable bonds is 11. The Morgan fingerprint density at radius 2 is 1.58 bits per heavy atom. The molecule has 1 fully saturated rings. The van der Waals surface area contributed by atoms with Crippen LogP contribution in [0.4, 0.5) is 11.6 Å². The van der Waals surface area contributed by atoms with E-state index in [1.807, 2.05) is 36.5 Å². The molecule has 1 saturated heterocycles.